The van der Waals surface area contributed by atoms with Crippen LogP contribution in [0.5, 0.6) is 0 Å². The number of anilines is 1. The van der Waals surface area contributed by atoms with Crippen molar-refractivity contribution in [3.63, 3.8) is 0 Å². The molecule has 1 N–H and O–H groups in total. The van der Waals surface area contributed by atoms with E-state index in [4.69, 9.17) is 0 Å². The number of hydrogen-bond donors (Lipinski definition) is 1. The van der Waals surface area contributed by atoms with Gasteiger partial charge in [0.1, 0.15) is 5.82 Å². The number of hydrogen-bond acceptors (Lipinski definition) is 3. The molecule has 0 aliphatic rings. The average molecular weight is 371 g/mol. The van der Waals surface area contributed by atoms with E-state index in [1.807, 2.05) is 37.3 Å². The lowest BCUT2D eigenvalue weighted by atomic mass is 10.2. The van der Waals surface area contributed by atoms with Gasteiger partial charge in [0.15, 0.2) is 0 Å². The summed E-state index contributed by atoms with van der Waals surface area (Å²) in [5, 5.41) is 2.64. The van der Waals surface area contributed by atoms with Crippen LogP contribution in [0.4, 0.5) is 10.1 Å². The average Bonchev–Trinajstić information content (AvgIpc) is 2.65. The molecule has 0 aliphatic heterocycles. The van der Waals surface area contributed by atoms with Gasteiger partial charge in [-0.15, -0.1) is 0 Å². The second-order valence-electron chi connectivity index (χ2n) is 6.49. The van der Waals surface area contributed by atoms with Crippen LogP contribution >= 0.6 is 0 Å². The molecule has 0 saturated heterocycles. The fourth-order valence-electron chi connectivity index (χ4n) is 2.73. The standard InChI is InChI=1S/C21H26FN3O2/c1-4-25(14-17-9-6-5-7-10-17)21(27)16(2)24(3)15-20(26)23-19-12-8-11-18(22)13-19/h5-13,16H,4,14-15H2,1-3H3,(H,23,26)/t16-/m0/s1. The van der Waals surface area contributed by atoms with Crippen LogP contribution in [0.2, 0.25) is 0 Å². The maximum atomic E-state index is 13.2. The first-order chi connectivity index (χ1) is 12.9. The summed E-state index contributed by atoms with van der Waals surface area (Å²) in [5.74, 6) is -0.750. The van der Waals surface area contributed by atoms with Crippen molar-refractivity contribution in [1.82, 2.24) is 9.80 Å². The highest BCUT2D eigenvalue weighted by Gasteiger charge is 2.24. The second-order valence-corrected chi connectivity index (χ2v) is 6.49. The number of carbonyl (C=O) groups is 2. The molecule has 0 aromatic heterocycles. The molecule has 2 aromatic carbocycles. The highest BCUT2D eigenvalue weighted by atomic mass is 19.1. The lowest BCUT2D eigenvalue weighted by Gasteiger charge is -2.29. The van der Waals surface area contributed by atoms with Crippen molar-refractivity contribution in [2.24, 2.45) is 0 Å². The number of nitrogens with one attached hydrogen (secondary N) is 1. The van der Waals surface area contributed by atoms with Crippen molar-refractivity contribution < 1.29 is 14.0 Å². The van der Waals surface area contributed by atoms with Crippen molar-refractivity contribution >= 4 is 17.5 Å². The second kappa shape index (κ2) is 9.83. The van der Waals surface area contributed by atoms with Crippen LogP contribution < -0.4 is 5.32 Å². The Hall–Kier alpha value is -2.73. The molecular formula is C21H26FN3O2. The minimum Gasteiger partial charge on any atom is -0.337 e. The van der Waals surface area contributed by atoms with Crippen LogP contribution in [0.15, 0.2) is 54.6 Å². The van der Waals surface area contributed by atoms with E-state index < -0.39 is 11.9 Å². The van der Waals surface area contributed by atoms with Gasteiger partial charge < -0.3 is 10.2 Å². The van der Waals surface area contributed by atoms with Gasteiger partial charge in [-0.1, -0.05) is 36.4 Å². The van der Waals surface area contributed by atoms with Gasteiger partial charge in [0.05, 0.1) is 12.6 Å². The zero-order valence-corrected chi connectivity index (χ0v) is 16.0. The maximum Gasteiger partial charge on any atom is 0.239 e. The van der Waals surface area contributed by atoms with Crippen LogP contribution in [-0.4, -0.2) is 47.8 Å². The Kier molecular flexibility index (Phi) is 7.49. The molecule has 0 heterocycles. The van der Waals surface area contributed by atoms with Crippen LogP contribution in [0.1, 0.15) is 19.4 Å². The lowest BCUT2D eigenvalue weighted by molar-refractivity contribution is -0.136. The minimum absolute atomic E-state index is 0.0340. The summed E-state index contributed by atoms with van der Waals surface area (Å²) in [4.78, 5) is 28.4. The smallest absolute Gasteiger partial charge is 0.239 e. The van der Waals surface area contributed by atoms with E-state index in [9.17, 15) is 14.0 Å². The first kappa shape index (κ1) is 20.6. The lowest BCUT2D eigenvalue weighted by Crippen LogP contribution is -2.47. The Morgan fingerprint density at radius 3 is 2.44 bits per heavy atom. The first-order valence-corrected chi connectivity index (χ1v) is 8.99. The number of rotatable bonds is 8. The quantitative estimate of drug-likeness (QED) is 0.776. The van der Waals surface area contributed by atoms with Crippen molar-refractivity contribution in [2.75, 3.05) is 25.5 Å². The largest absolute Gasteiger partial charge is 0.337 e. The van der Waals surface area contributed by atoms with Gasteiger partial charge in [-0.25, -0.2) is 4.39 Å². The van der Waals surface area contributed by atoms with E-state index in [0.717, 1.165) is 5.56 Å². The summed E-state index contributed by atoms with van der Waals surface area (Å²) in [6.45, 7) is 4.87. The van der Waals surface area contributed by atoms with Crippen LogP contribution in [0.3, 0.4) is 0 Å². The van der Waals surface area contributed by atoms with E-state index in [1.165, 1.54) is 18.2 Å². The minimum atomic E-state index is -0.452. The van der Waals surface area contributed by atoms with Gasteiger partial charge in [0.25, 0.3) is 0 Å². The summed E-state index contributed by atoms with van der Waals surface area (Å²) in [6, 6.07) is 15.1. The number of likely N-dealkylation sites (N-methyl/N-ethyl adjacent to an activating group) is 2. The molecule has 27 heavy (non-hydrogen) atoms. The topological polar surface area (TPSA) is 52.7 Å². The fourth-order valence-corrected chi connectivity index (χ4v) is 2.73. The Morgan fingerprint density at radius 1 is 1.11 bits per heavy atom. The first-order valence-electron chi connectivity index (χ1n) is 8.99. The number of benzene rings is 2. The Bertz CT molecular complexity index is 767. The van der Waals surface area contributed by atoms with Crippen LogP contribution in [0.25, 0.3) is 0 Å². The molecule has 144 valence electrons. The molecule has 6 heteroatoms. The summed E-state index contributed by atoms with van der Waals surface area (Å²) in [5.41, 5.74) is 1.46. The molecule has 0 unspecified atom stereocenters. The predicted octanol–water partition coefficient (Wildman–Crippen LogP) is 3.13. The van der Waals surface area contributed by atoms with E-state index in [0.29, 0.717) is 18.8 Å². The van der Waals surface area contributed by atoms with Gasteiger partial charge in [-0.3, -0.25) is 14.5 Å². The predicted molar refractivity (Wildman–Crippen MR) is 105 cm³/mol. The Balaban J connectivity index is 1.92. The van der Waals surface area contributed by atoms with E-state index >= 15 is 0 Å². The molecule has 0 aliphatic carbocycles. The number of halogens is 1. The van der Waals surface area contributed by atoms with E-state index in [2.05, 4.69) is 5.32 Å². The highest BCUT2D eigenvalue weighted by molar-refractivity contribution is 5.92. The van der Waals surface area contributed by atoms with E-state index in [1.54, 1.807) is 29.8 Å². The molecule has 5 nitrogen and oxygen atoms in total. The SMILES string of the molecule is CCN(Cc1ccccc1)C(=O)[C@H](C)N(C)CC(=O)Nc1cccc(F)c1. The monoisotopic (exact) mass is 371 g/mol. The molecule has 2 rings (SSSR count). The summed E-state index contributed by atoms with van der Waals surface area (Å²) < 4.78 is 13.2. The molecule has 1 atom stereocenters. The maximum absolute atomic E-state index is 13.2. The molecule has 2 amide bonds. The van der Waals surface area contributed by atoms with Gasteiger partial charge in [-0.05, 0) is 44.7 Å². The zero-order chi connectivity index (χ0) is 19.8. The summed E-state index contributed by atoms with van der Waals surface area (Å²) >= 11 is 0. The van der Waals surface area contributed by atoms with E-state index in [-0.39, 0.29) is 18.4 Å². The van der Waals surface area contributed by atoms with Crippen LogP contribution in [-0.2, 0) is 16.1 Å². The van der Waals surface area contributed by atoms with Gasteiger partial charge >= 0.3 is 0 Å². The van der Waals surface area contributed by atoms with Crippen molar-refractivity contribution in [3.05, 3.63) is 66.0 Å². The molecule has 0 spiro atoms. The van der Waals surface area contributed by atoms with Crippen molar-refractivity contribution in [2.45, 2.75) is 26.4 Å². The van der Waals surface area contributed by atoms with Gasteiger partial charge in [0, 0.05) is 18.8 Å². The van der Waals surface area contributed by atoms with Gasteiger partial charge in [-0.2, -0.15) is 0 Å². The molecular weight excluding hydrogens is 345 g/mol. The summed E-state index contributed by atoms with van der Waals surface area (Å²) in [6.07, 6.45) is 0. The fraction of sp³-hybridized carbons (Fsp3) is 0.333. The number of nitrogens with zero attached hydrogens (tertiary/aromatic N) is 2. The third-order valence-corrected chi connectivity index (χ3v) is 4.43. The number of carbonyl (C=O) groups excluding carboxylic acids is 2. The Morgan fingerprint density at radius 2 is 1.81 bits per heavy atom. The summed E-state index contributed by atoms with van der Waals surface area (Å²) in [7, 11) is 1.73. The van der Waals surface area contributed by atoms with Crippen LogP contribution in [0, 0.1) is 5.82 Å². The highest BCUT2D eigenvalue weighted by Crippen LogP contribution is 2.11. The van der Waals surface area contributed by atoms with Gasteiger partial charge in [0.2, 0.25) is 11.8 Å². The normalized spacial score (nSPS) is 11.9. The molecule has 0 saturated carbocycles. The third-order valence-electron chi connectivity index (χ3n) is 4.43. The van der Waals surface area contributed by atoms with Crippen molar-refractivity contribution in [1.29, 1.82) is 0 Å². The number of amides is 2. The molecule has 0 radical (unpaired) electrons. The zero-order valence-electron chi connectivity index (χ0n) is 16.0. The third kappa shape index (κ3) is 6.18. The molecule has 0 bridgehead atoms. The molecule has 0 fully saturated rings. The Labute approximate surface area is 159 Å². The molecule has 2 aromatic rings. The van der Waals surface area contributed by atoms with Crippen molar-refractivity contribution in [3.8, 4) is 0 Å².